The van der Waals surface area contributed by atoms with Gasteiger partial charge in [-0.25, -0.2) is 9.97 Å². The molecular formula is C27H35N3O2S3. The van der Waals surface area contributed by atoms with E-state index in [0.29, 0.717) is 12.4 Å². The molecule has 8 heteroatoms. The highest BCUT2D eigenvalue weighted by atomic mass is 32.2. The minimum atomic E-state index is -0.163. The normalized spacial score (nSPS) is 18.4. The number of aromatic nitrogens is 2. The van der Waals surface area contributed by atoms with Gasteiger partial charge in [-0.05, 0) is 50.7 Å². The van der Waals surface area contributed by atoms with E-state index >= 15 is 0 Å². The number of nitrogens with zero attached hydrogens (tertiary/aromatic N) is 2. The lowest BCUT2D eigenvalue weighted by Gasteiger charge is -2.33. The monoisotopic (exact) mass is 529 g/mol. The summed E-state index contributed by atoms with van der Waals surface area (Å²) in [6.45, 7) is 9.23. The zero-order valence-electron chi connectivity index (χ0n) is 21.1. The fourth-order valence-corrected chi connectivity index (χ4v) is 7.01. The highest BCUT2D eigenvalue weighted by molar-refractivity contribution is 8.00. The van der Waals surface area contributed by atoms with Crippen LogP contribution in [0.15, 0.2) is 40.5 Å². The summed E-state index contributed by atoms with van der Waals surface area (Å²) in [5, 5.41) is 6.03. The first-order valence-corrected chi connectivity index (χ1v) is 15.2. The number of ether oxygens (including phenoxy) is 1. The Labute approximate surface area is 221 Å². The molecule has 0 spiro atoms. The molecule has 0 aliphatic carbocycles. The third kappa shape index (κ3) is 6.79. The van der Waals surface area contributed by atoms with Crippen LogP contribution in [0.3, 0.4) is 0 Å². The smallest absolute Gasteiger partial charge is 0.230 e. The van der Waals surface area contributed by atoms with Crippen LogP contribution < -0.4 is 5.32 Å². The standard InChI is InChI=1S/C27H35N3O2S3/c1-5-14-33-26-29-24(23-20-15-27(4,6-2)32-16-21(20)35-25(23)30-26)34-17-22(31)28-18(3)12-13-19-10-8-7-9-11-19/h7-11,18H,5-6,12-17H2,1-4H3,(H,28,31). The molecule has 0 fully saturated rings. The van der Waals surface area contributed by atoms with Crippen molar-refractivity contribution in [3.63, 3.8) is 0 Å². The number of carbonyl (C=O) groups excluding carboxylic acids is 1. The van der Waals surface area contributed by atoms with Crippen LogP contribution in [0.4, 0.5) is 0 Å². The third-order valence-electron chi connectivity index (χ3n) is 6.42. The van der Waals surface area contributed by atoms with Crippen molar-refractivity contribution < 1.29 is 9.53 Å². The lowest BCUT2D eigenvalue weighted by Crippen LogP contribution is -2.34. The molecule has 1 aliphatic heterocycles. The Balaban J connectivity index is 1.47. The van der Waals surface area contributed by atoms with Crippen molar-refractivity contribution in [3.05, 3.63) is 46.3 Å². The average Bonchev–Trinajstić information content (AvgIpc) is 3.22. The summed E-state index contributed by atoms with van der Waals surface area (Å²) in [7, 11) is 0. The minimum Gasteiger partial charge on any atom is -0.369 e. The van der Waals surface area contributed by atoms with Crippen molar-refractivity contribution >= 4 is 51.0 Å². The summed E-state index contributed by atoms with van der Waals surface area (Å²) in [6.07, 6.45) is 4.77. The fraction of sp³-hybridized carbons (Fsp3) is 0.519. The summed E-state index contributed by atoms with van der Waals surface area (Å²) in [4.78, 5) is 24.9. The SMILES string of the molecule is CCCSc1nc(SCC(=O)NC(C)CCc2ccccc2)c2c3c(sc2n1)COC(C)(CC)C3. The zero-order chi connectivity index (χ0) is 24.8. The van der Waals surface area contributed by atoms with Crippen molar-refractivity contribution in [1.82, 2.24) is 15.3 Å². The molecule has 3 heterocycles. The molecule has 0 bridgehead atoms. The van der Waals surface area contributed by atoms with Gasteiger partial charge in [0.2, 0.25) is 5.91 Å². The van der Waals surface area contributed by atoms with Crippen molar-refractivity contribution in [2.45, 2.75) is 88.2 Å². The molecule has 0 radical (unpaired) electrons. The van der Waals surface area contributed by atoms with E-state index < -0.39 is 0 Å². The predicted octanol–water partition coefficient (Wildman–Crippen LogP) is 6.66. The molecule has 35 heavy (non-hydrogen) atoms. The lowest BCUT2D eigenvalue weighted by atomic mass is 9.90. The van der Waals surface area contributed by atoms with Crippen LogP contribution in [-0.2, 0) is 29.0 Å². The zero-order valence-corrected chi connectivity index (χ0v) is 23.5. The van der Waals surface area contributed by atoms with Gasteiger partial charge in [0.15, 0.2) is 5.16 Å². The molecule has 1 amide bonds. The van der Waals surface area contributed by atoms with Gasteiger partial charge >= 0.3 is 0 Å². The summed E-state index contributed by atoms with van der Waals surface area (Å²) < 4.78 is 6.19. The molecule has 1 aliphatic rings. The molecule has 2 unspecified atom stereocenters. The van der Waals surface area contributed by atoms with Crippen LogP contribution >= 0.6 is 34.9 Å². The van der Waals surface area contributed by atoms with Gasteiger partial charge in [-0.3, -0.25) is 4.79 Å². The lowest BCUT2D eigenvalue weighted by molar-refractivity contribution is -0.119. The molecule has 3 aromatic rings. The summed E-state index contributed by atoms with van der Waals surface area (Å²) in [5.41, 5.74) is 2.45. The van der Waals surface area contributed by atoms with E-state index in [0.717, 1.165) is 58.3 Å². The number of nitrogens with one attached hydrogen (secondary N) is 1. The van der Waals surface area contributed by atoms with Crippen molar-refractivity contribution in [2.24, 2.45) is 0 Å². The Morgan fingerprint density at radius 2 is 2.03 bits per heavy atom. The van der Waals surface area contributed by atoms with Gasteiger partial charge in [-0.2, -0.15) is 0 Å². The fourth-order valence-electron chi connectivity index (χ4n) is 4.16. The molecule has 5 nitrogen and oxygen atoms in total. The Kier molecular flexibility index (Phi) is 9.13. The second kappa shape index (κ2) is 12.1. The van der Waals surface area contributed by atoms with E-state index in [2.05, 4.69) is 57.3 Å². The second-order valence-corrected chi connectivity index (χ2v) is 12.5. The number of carbonyl (C=O) groups is 1. The number of fused-ring (bicyclic) bond motifs is 3. The van der Waals surface area contributed by atoms with Gasteiger partial charge < -0.3 is 10.1 Å². The first kappa shape index (κ1) is 26.5. The molecule has 2 atom stereocenters. The Morgan fingerprint density at radius 3 is 2.77 bits per heavy atom. The Bertz CT molecular complexity index is 1150. The van der Waals surface area contributed by atoms with Gasteiger partial charge in [0.1, 0.15) is 9.86 Å². The van der Waals surface area contributed by atoms with E-state index in [4.69, 9.17) is 14.7 Å². The van der Waals surface area contributed by atoms with E-state index in [9.17, 15) is 4.79 Å². The largest absolute Gasteiger partial charge is 0.369 e. The van der Waals surface area contributed by atoms with Crippen molar-refractivity contribution in [3.8, 4) is 0 Å². The molecule has 0 saturated carbocycles. The molecule has 188 valence electrons. The number of aryl methyl sites for hydroxylation is 1. The summed E-state index contributed by atoms with van der Waals surface area (Å²) in [5.74, 6) is 1.39. The van der Waals surface area contributed by atoms with Gasteiger partial charge in [0.05, 0.1) is 18.0 Å². The second-order valence-electron chi connectivity index (χ2n) is 9.39. The highest BCUT2D eigenvalue weighted by Gasteiger charge is 2.33. The van der Waals surface area contributed by atoms with Crippen LogP contribution in [-0.4, -0.2) is 39.0 Å². The summed E-state index contributed by atoms with van der Waals surface area (Å²) in [6, 6.07) is 10.5. The topological polar surface area (TPSA) is 64.1 Å². The summed E-state index contributed by atoms with van der Waals surface area (Å²) >= 11 is 4.94. The number of rotatable bonds is 11. The van der Waals surface area contributed by atoms with Crippen LogP contribution in [0.1, 0.15) is 63.0 Å². The van der Waals surface area contributed by atoms with Crippen molar-refractivity contribution in [1.29, 1.82) is 0 Å². The quantitative estimate of drug-likeness (QED) is 0.170. The predicted molar refractivity (Wildman–Crippen MR) is 149 cm³/mol. The first-order valence-electron chi connectivity index (χ1n) is 12.5. The van der Waals surface area contributed by atoms with Gasteiger partial charge in [0, 0.05) is 28.5 Å². The molecule has 2 aromatic heterocycles. The number of amides is 1. The molecule has 0 saturated heterocycles. The van der Waals surface area contributed by atoms with Crippen LogP contribution in [0.2, 0.25) is 0 Å². The Hall–Kier alpha value is -1.61. The maximum absolute atomic E-state index is 12.8. The molecule has 4 rings (SSSR count). The van der Waals surface area contributed by atoms with E-state index in [-0.39, 0.29) is 17.6 Å². The van der Waals surface area contributed by atoms with E-state index in [1.54, 1.807) is 23.1 Å². The minimum absolute atomic E-state index is 0.0518. The number of benzene rings is 1. The maximum atomic E-state index is 12.8. The number of thiophene rings is 1. The van der Waals surface area contributed by atoms with E-state index in [1.807, 2.05) is 6.07 Å². The molecular weight excluding hydrogens is 495 g/mol. The molecule has 1 aromatic carbocycles. The van der Waals surface area contributed by atoms with Crippen LogP contribution in [0.5, 0.6) is 0 Å². The van der Waals surface area contributed by atoms with Gasteiger partial charge in [-0.15, -0.1) is 11.3 Å². The van der Waals surface area contributed by atoms with Crippen LogP contribution in [0.25, 0.3) is 10.2 Å². The number of thioether (sulfide) groups is 2. The van der Waals surface area contributed by atoms with Gasteiger partial charge in [0.25, 0.3) is 0 Å². The first-order chi connectivity index (χ1) is 16.9. The number of hydrogen-bond acceptors (Lipinski definition) is 7. The Morgan fingerprint density at radius 1 is 1.23 bits per heavy atom. The number of hydrogen-bond donors (Lipinski definition) is 1. The maximum Gasteiger partial charge on any atom is 0.230 e. The molecule has 1 N–H and O–H groups in total. The van der Waals surface area contributed by atoms with Crippen LogP contribution in [0, 0.1) is 0 Å². The average molecular weight is 530 g/mol. The van der Waals surface area contributed by atoms with E-state index in [1.165, 1.54) is 27.8 Å². The van der Waals surface area contributed by atoms with Gasteiger partial charge in [-0.1, -0.05) is 67.7 Å². The van der Waals surface area contributed by atoms with Crippen molar-refractivity contribution in [2.75, 3.05) is 11.5 Å². The third-order valence-corrected chi connectivity index (χ3v) is 9.55. The highest BCUT2D eigenvalue weighted by Crippen LogP contribution is 2.43.